The van der Waals surface area contributed by atoms with Crippen molar-refractivity contribution < 1.29 is 28.5 Å². The fourth-order valence-corrected chi connectivity index (χ4v) is 3.23. The maximum atomic E-state index is 12.5. The van der Waals surface area contributed by atoms with Gasteiger partial charge >= 0.3 is 5.97 Å². The first-order chi connectivity index (χ1) is 12.5. The fraction of sp³-hybridized carbons (Fsp3) is 0.579. The number of likely N-dealkylation sites (tertiary alicyclic amines) is 1. The average molecular weight is 365 g/mol. The molecule has 2 rings (SSSR count). The van der Waals surface area contributed by atoms with Crippen LogP contribution in [-0.4, -0.2) is 57.3 Å². The van der Waals surface area contributed by atoms with Crippen molar-refractivity contribution >= 4 is 11.9 Å². The standard InChI is InChI=1S/C19H27NO6/c1-5-13-8-6-7-9-20(13)18(21)12-26-19(22)14-10-16(24-3)17(25-4)11-15(14)23-2/h10-11,13H,5-9,12H2,1-4H3/t13-/m0/s1. The lowest BCUT2D eigenvalue weighted by atomic mass is 10.00. The van der Waals surface area contributed by atoms with E-state index in [1.807, 2.05) is 4.90 Å². The van der Waals surface area contributed by atoms with Crippen LogP contribution in [0.15, 0.2) is 12.1 Å². The molecule has 0 aromatic heterocycles. The van der Waals surface area contributed by atoms with Crippen molar-refractivity contribution in [1.29, 1.82) is 0 Å². The first kappa shape index (κ1) is 19.9. The number of rotatable bonds is 7. The average Bonchev–Trinajstić information content (AvgIpc) is 2.70. The maximum absolute atomic E-state index is 12.5. The van der Waals surface area contributed by atoms with E-state index in [0.717, 1.165) is 25.7 Å². The summed E-state index contributed by atoms with van der Waals surface area (Å²) in [4.78, 5) is 26.7. The van der Waals surface area contributed by atoms with Crippen molar-refractivity contribution in [3.05, 3.63) is 17.7 Å². The predicted molar refractivity (Wildman–Crippen MR) is 96.0 cm³/mol. The van der Waals surface area contributed by atoms with Gasteiger partial charge in [-0.2, -0.15) is 0 Å². The van der Waals surface area contributed by atoms with Crippen LogP contribution in [0.5, 0.6) is 17.2 Å². The van der Waals surface area contributed by atoms with Crippen LogP contribution in [0.1, 0.15) is 43.0 Å². The van der Waals surface area contributed by atoms with Crippen LogP contribution in [0.4, 0.5) is 0 Å². The number of benzene rings is 1. The van der Waals surface area contributed by atoms with E-state index >= 15 is 0 Å². The third kappa shape index (κ3) is 4.39. The highest BCUT2D eigenvalue weighted by molar-refractivity contribution is 5.95. The van der Waals surface area contributed by atoms with Crippen molar-refractivity contribution in [3.8, 4) is 17.2 Å². The van der Waals surface area contributed by atoms with Crippen molar-refractivity contribution in [2.75, 3.05) is 34.5 Å². The Bertz CT molecular complexity index is 645. The Hall–Kier alpha value is -2.44. The van der Waals surface area contributed by atoms with Crippen LogP contribution in [0.2, 0.25) is 0 Å². The number of carbonyl (C=O) groups excluding carboxylic acids is 2. The molecule has 7 heteroatoms. The van der Waals surface area contributed by atoms with Gasteiger partial charge in [-0.25, -0.2) is 4.79 Å². The number of nitrogens with zero attached hydrogens (tertiary/aromatic N) is 1. The van der Waals surface area contributed by atoms with Crippen molar-refractivity contribution in [2.24, 2.45) is 0 Å². The Balaban J connectivity index is 2.08. The first-order valence-electron chi connectivity index (χ1n) is 8.82. The summed E-state index contributed by atoms with van der Waals surface area (Å²) < 4.78 is 20.9. The van der Waals surface area contributed by atoms with Crippen LogP contribution in [0.25, 0.3) is 0 Å². The first-order valence-corrected chi connectivity index (χ1v) is 8.82. The molecule has 1 atom stereocenters. The number of methoxy groups -OCH3 is 3. The van der Waals surface area contributed by atoms with Gasteiger partial charge in [0, 0.05) is 24.7 Å². The van der Waals surface area contributed by atoms with Crippen LogP contribution in [0.3, 0.4) is 0 Å². The molecule has 1 fully saturated rings. The minimum absolute atomic E-state index is 0.163. The molecule has 1 amide bonds. The minimum atomic E-state index is -0.638. The number of carbonyl (C=O) groups is 2. The summed E-state index contributed by atoms with van der Waals surface area (Å²) in [5.41, 5.74) is 0.184. The second-order valence-corrected chi connectivity index (χ2v) is 6.13. The number of amides is 1. The fourth-order valence-electron chi connectivity index (χ4n) is 3.23. The monoisotopic (exact) mass is 365 g/mol. The van der Waals surface area contributed by atoms with Gasteiger partial charge in [0.2, 0.25) is 0 Å². The van der Waals surface area contributed by atoms with E-state index in [1.54, 1.807) is 6.07 Å². The molecule has 1 saturated heterocycles. The van der Waals surface area contributed by atoms with Gasteiger partial charge in [0.05, 0.1) is 21.3 Å². The molecule has 1 aliphatic heterocycles. The smallest absolute Gasteiger partial charge is 0.342 e. The number of ether oxygens (including phenoxy) is 4. The van der Waals surface area contributed by atoms with Gasteiger partial charge in [-0.05, 0) is 25.7 Å². The number of hydrogen-bond donors (Lipinski definition) is 0. The molecule has 0 spiro atoms. The van der Waals surface area contributed by atoms with Crippen molar-refractivity contribution in [3.63, 3.8) is 0 Å². The molecule has 0 radical (unpaired) electrons. The maximum Gasteiger partial charge on any atom is 0.342 e. The zero-order chi connectivity index (χ0) is 19.1. The molecule has 0 aliphatic carbocycles. The summed E-state index contributed by atoms with van der Waals surface area (Å²) in [5, 5.41) is 0. The Labute approximate surface area is 154 Å². The molecular weight excluding hydrogens is 338 g/mol. The summed E-state index contributed by atoms with van der Waals surface area (Å²) in [6.45, 7) is 2.50. The molecule has 1 aliphatic rings. The zero-order valence-electron chi connectivity index (χ0n) is 15.9. The Morgan fingerprint density at radius 1 is 1.04 bits per heavy atom. The Morgan fingerprint density at radius 2 is 1.69 bits per heavy atom. The van der Waals surface area contributed by atoms with E-state index in [0.29, 0.717) is 23.8 Å². The molecule has 1 aromatic carbocycles. The normalized spacial score (nSPS) is 16.8. The quantitative estimate of drug-likeness (QED) is 0.692. The van der Waals surface area contributed by atoms with Gasteiger partial charge in [0.1, 0.15) is 11.3 Å². The molecule has 144 valence electrons. The van der Waals surface area contributed by atoms with Crippen molar-refractivity contribution in [2.45, 2.75) is 38.6 Å². The Morgan fingerprint density at radius 3 is 2.31 bits per heavy atom. The zero-order valence-corrected chi connectivity index (χ0v) is 15.9. The summed E-state index contributed by atoms with van der Waals surface area (Å²) in [5.74, 6) is 0.319. The van der Waals surface area contributed by atoms with Crippen molar-refractivity contribution in [1.82, 2.24) is 4.90 Å². The molecular formula is C19H27NO6. The van der Waals surface area contributed by atoms with E-state index < -0.39 is 5.97 Å². The van der Waals surface area contributed by atoms with E-state index in [1.165, 1.54) is 27.4 Å². The summed E-state index contributed by atoms with van der Waals surface area (Å²) >= 11 is 0. The highest BCUT2D eigenvalue weighted by atomic mass is 16.5. The lowest BCUT2D eigenvalue weighted by Crippen LogP contribution is -2.45. The lowest BCUT2D eigenvalue weighted by molar-refractivity contribution is -0.138. The second-order valence-electron chi connectivity index (χ2n) is 6.13. The third-order valence-corrected chi connectivity index (χ3v) is 4.67. The van der Waals surface area contributed by atoms with Gasteiger partial charge < -0.3 is 23.8 Å². The van der Waals surface area contributed by atoms with Gasteiger partial charge in [0.15, 0.2) is 18.1 Å². The molecule has 1 aromatic rings. The molecule has 0 unspecified atom stereocenters. The van der Waals surface area contributed by atoms with E-state index in [4.69, 9.17) is 18.9 Å². The van der Waals surface area contributed by atoms with E-state index in [9.17, 15) is 9.59 Å². The van der Waals surface area contributed by atoms with Gasteiger partial charge in [-0.3, -0.25) is 4.79 Å². The third-order valence-electron chi connectivity index (χ3n) is 4.67. The number of esters is 1. The van der Waals surface area contributed by atoms with Gasteiger partial charge in [-0.15, -0.1) is 0 Å². The predicted octanol–water partition coefficient (Wildman–Crippen LogP) is 2.66. The van der Waals surface area contributed by atoms with Crippen LogP contribution >= 0.6 is 0 Å². The van der Waals surface area contributed by atoms with Crippen LogP contribution < -0.4 is 14.2 Å². The highest BCUT2D eigenvalue weighted by Gasteiger charge is 2.27. The molecule has 1 heterocycles. The SMILES string of the molecule is CC[C@H]1CCCCN1C(=O)COC(=O)c1cc(OC)c(OC)cc1OC. The minimum Gasteiger partial charge on any atom is -0.496 e. The lowest BCUT2D eigenvalue weighted by Gasteiger charge is -2.35. The van der Waals surface area contributed by atoms with Gasteiger partial charge in [0.25, 0.3) is 5.91 Å². The number of piperidine rings is 1. The summed E-state index contributed by atoms with van der Waals surface area (Å²) in [6, 6.07) is 3.26. The molecule has 0 N–H and O–H groups in total. The summed E-state index contributed by atoms with van der Waals surface area (Å²) in [6.07, 6.45) is 4.02. The van der Waals surface area contributed by atoms with Crippen LogP contribution in [-0.2, 0) is 9.53 Å². The second kappa shape index (κ2) is 9.31. The summed E-state index contributed by atoms with van der Waals surface area (Å²) in [7, 11) is 4.42. The number of hydrogen-bond acceptors (Lipinski definition) is 6. The Kier molecular flexibility index (Phi) is 7.12. The van der Waals surface area contributed by atoms with Crippen LogP contribution in [0, 0.1) is 0 Å². The molecule has 0 bridgehead atoms. The largest absolute Gasteiger partial charge is 0.496 e. The van der Waals surface area contributed by atoms with Gasteiger partial charge in [-0.1, -0.05) is 6.92 Å². The molecule has 7 nitrogen and oxygen atoms in total. The highest BCUT2D eigenvalue weighted by Crippen LogP contribution is 2.35. The van der Waals surface area contributed by atoms with E-state index in [2.05, 4.69) is 6.92 Å². The molecule has 0 saturated carbocycles. The molecule has 26 heavy (non-hydrogen) atoms. The topological polar surface area (TPSA) is 74.3 Å². The van der Waals surface area contributed by atoms with E-state index in [-0.39, 0.29) is 24.1 Å².